The van der Waals surface area contributed by atoms with Crippen molar-refractivity contribution >= 4 is 23.6 Å². The Labute approximate surface area is 165 Å². The lowest BCUT2D eigenvalue weighted by Crippen LogP contribution is -2.46. The van der Waals surface area contributed by atoms with Gasteiger partial charge in [0.05, 0.1) is 11.3 Å². The van der Waals surface area contributed by atoms with Gasteiger partial charge in [-0.15, -0.1) is 0 Å². The number of amides is 2. The fraction of sp³-hybridized carbons (Fsp3) is 0.350. The molecular formula is C20H20F3N5O. The molecule has 0 spiro atoms. The molecule has 0 bridgehead atoms. The molecule has 2 N–H and O–H groups in total. The van der Waals surface area contributed by atoms with E-state index in [2.05, 4.69) is 31.6 Å². The van der Waals surface area contributed by atoms with E-state index in [-0.39, 0.29) is 11.7 Å². The fourth-order valence-corrected chi connectivity index (χ4v) is 3.66. The summed E-state index contributed by atoms with van der Waals surface area (Å²) in [4.78, 5) is 23.1. The van der Waals surface area contributed by atoms with Crippen LogP contribution in [0.2, 0.25) is 0 Å². The van der Waals surface area contributed by atoms with Gasteiger partial charge in [-0.3, -0.25) is 0 Å². The molecule has 4 rings (SSSR count). The second-order valence-corrected chi connectivity index (χ2v) is 7.10. The average Bonchev–Trinajstić information content (AvgIpc) is 3.17. The minimum absolute atomic E-state index is 0.0533. The van der Waals surface area contributed by atoms with E-state index in [1.54, 1.807) is 6.33 Å². The molecule has 2 aliphatic rings. The predicted molar refractivity (Wildman–Crippen MR) is 104 cm³/mol. The first kappa shape index (κ1) is 19.2. The standard InChI is InChI=1S/C20H20F3N5O/c21-20(22,23)13-3-1-4-15(11-13)27-19(29)26-14-7-9-28(10-8-14)18-16-5-2-6-17(16)24-12-25-18/h1-5,11-12,14H,6-10H2,(H2,26,27,29). The third-order valence-corrected chi connectivity index (χ3v) is 5.12. The normalized spacial score (nSPS) is 16.6. The predicted octanol–water partition coefficient (Wildman–Crippen LogP) is 3.86. The van der Waals surface area contributed by atoms with Gasteiger partial charge in [-0.1, -0.05) is 18.2 Å². The Morgan fingerprint density at radius 3 is 2.72 bits per heavy atom. The monoisotopic (exact) mass is 403 g/mol. The number of nitrogens with zero attached hydrogens (tertiary/aromatic N) is 3. The summed E-state index contributed by atoms with van der Waals surface area (Å²) < 4.78 is 38.4. The summed E-state index contributed by atoms with van der Waals surface area (Å²) >= 11 is 0. The number of alkyl halides is 3. The molecule has 1 fully saturated rings. The van der Waals surface area contributed by atoms with Crippen LogP contribution in [0.1, 0.15) is 29.7 Å². The van der Waals surface area contributed by atoms with Gasteiger partial charge in [-0.25, -0.2) is 14.8 Å². The van der Waals surface area contributed by atoms with Gasteiger partial charge < -0.3 is 15.5 Å². The van der Waals surface area contributed by atoms with E-state index in [0.717, 1.165) is 61.6 Å². The highest BCUT2D eigenvalue weighted by Gasteiger charge is 2.30. The van der Waals surface area contributed by atoms with Gasteiger partial charge in [-0.2, -0.15) is 13.2 Å². The lowest BCUT2D eigenvalue weighted by atomic mass is 10.0. The summed E-state index contributed by atoms with van der Waals surface area (Å²) in [6.45, 7) is 1.46. The number of fused-ring (bicyclic) bond motifs is 1. The molecule has 0 unspecified atom stereocenters. The lowest BCUT2D eigenvalue weighted by molar-refractivity contribution is -0.137. The van der Waals surface area contributed by atoms with Crippen LogP contribution in [0.15, 0.2) is 36.7 Å². The van der Waals surface area contributed by atoms with E-state index in [1.807, 2.05) is 6.08 Å². The number of hydrogen-bond donors (Lipinski definition) is 2. The quantitative estimate of drug-likeness (QED) is 0.817. The van der Waals surface area contributed by atoms with Crippen LogP contribution in [0.3, 0.4) is 0 Å². The summed E-state index contributed by atoms with van der Waals surface area (Å²) in [7, 11) is 0. The minimum atomic E-state index is -4.45. The maximum absolute atomic E-state index is 12.8. The Bertz CT molecular complexity index is 936. The molecule has 2 aromatic rings. The summed E-state index contributed by atoms with van der Waals surface area (Å²) in [6.07, 6.45) is 3.49. The zero-order valence-electron chi connectivity index (χ0n) is 15.5. The molecule has 1 aliphatic heterocycles. The number of piperidine rings is 1. The summed E-state index contributed by atoms with van der Waals surface area (Å²) in [5.41, 5.74) is 1.39. The van der Waals surface area contributed by atoms with Crippen molar-refractivity contribution in [2.24, 2.45) is 0 Å². The van der Waals surface area contributed by atoms with Gasteiger partial charge in [0, 0.05) is 36.8 Å². The Morgan fingerprint density at radius 1 is 1.17 bits per heavy atom. The minimum Gasteiger partial charge on any atom is -0.356 e. The molecular weight excluding hydrogens is 383 g/mol. The zero-order chi connectivity index (χ0) is 20.4. The molecule has 0 radical (unpaired) electrons. The van der Waals surface area contributed by atoms with Crippen LogP contribution in [0.5, 0.6) is 0 Å². The number of anilines is 2. The van der Waals surface area contributed by atoms with Crippen LogP contribution in [0, 0.1) is 0 Å². The van der Waals surface area contributed by atoms with Crippen LogP contribution in [-0.2, 0) is 12.6 Å². The van der Waals surface area contributed by atoms with Crippen LogP contribution >= 0.6 is 0 Å². The highest BCUT2D eigenvalue weighted by molar-refractivity contribution is 5.89. The van der Waals surface area contributed by atoms with Crippen molar-refractivity contribution in [1.82, 2.24) is 15.3 Å². The van der Waals surface area contributed by atoms with Crippen molar-refractivity contribution in [3.63, 3.8) is 0 Å². The zero-order valence-corrected chi connectivity index (χ0v) is 15.5. The number of nitrogens with one attached hydrogen (secondary N) is 2. The van der Waals surface area contributed by atoms with Crippen LogP contribution in [-0.4, -0.2) is 35.1 Å². The first-order valence-corrected chi connectivity index (χ1v) is 9.40. The molecule has 29 heavy (non-hydrogen) atoms. The second-order valence-electron chi connectivity index (χ2n) is 7.10. The Kier molecular flexibility index (Phi) is 5.12. The molecule has 0 saturated carbocycles. The molecule has 9 heteroatoms. The van der Waals surface area contributed by atoms with Crippen molar-refractivity contribution < 1.29 is 18.0 Å². The molecule has 6 nitrogen and oxygen atoms in total. The Hall–Kier alpha value is -3.10. The van der Waals surface area contributed by atoms with Gasteiger partial charge >= 0.3 is 12.2 Å². The van der Waals surface area contributed by atoms with Gasteiger partial charge in [0.25, 0.3) is 0 Å². The van der Waals surface area contributed by atoms with Crippen molar-refractivity contribution in [2.75, 3.05) is 23.3 Å². The highest BCUT2D eigenvalue weighted by Crippen LogP contribution is 2.31. The molecule has 2 heterocycles. The maximum Gasteiger partial charge on any atom is 0.416 e. The summed E-state index contributed by atoms with van der Waals surface area (Å²) in [5.74, 6) is 0.913. The van der Waals surface area contributed by atoms with Crippen LogP contribution in [0.25, 0.3) is 6.08 Å². The number of halogens is 3. The first-order valence-electron chi connectivity index (χ1n) is 9.40. The lowest BCUT2D eigenvalue weighted by Gasteiger charge is -2.33. The molecule has 152 valence electrons. The topological polar surface area (TPSA) is 70.2 Å². The third kappa shape index (κ3) is 4.33. The molecule has 1 saturated heterocycles. The average molecular weight is 403 g/mol. The fourth-order valence-electron chi connectivity index (χ4n) is 3.66. The third-order valence-electron chi connectivity index (χ3n) is 5.12. The first-order chi connectivity index (χ1) is 13.9. The number of hydrogen-bond acceptors (Lipinski definition) is 4. The number of rotatable bonds is 3. The number of urea groups is 1. The SMILES string of the molecule is O=C(Nc1cccc(C(F)(F)F)c1)NC1CCN(c2ncnc3c2C=CC3)CC1. The smallest absolute Gasteiger partial charge is 0.356 e. The van der Waals surface area contributed by atoms with Gasteiger partial charge in [0.15, 0.2) is 0 Å². The van der Waals surface area contributed by atoms with Gasteiger partial charge in [0.1, 0.15) is 12.1 Å². The Balaban J connectivity index is 1.32. The number of aromatic nitrogens is 2. The number of carbonyl (C=O) groups is 1. The highest BCUT2D eigenvalue weighted by atomic mass is 19.4. The number of carbonyl (C=O) groups excluding carboxylic acids is 1. The van der Waals surface area contributed by atoms with Crippen molar-refractivity contribution in [2.45, 2.75) is 31.5 Å². The van der Waals surface area contributed by atoms with E-state index in [4.69, 9.17) is 0 Å². The van der Waals surface area contributed by atoms with Gasteiger partial charge in [0.2, 0.25) is 0 Å². The van der Waals surface area contributed by atoms with Crippen molar-refractivity contribution in [3.05, 3.63) is 53.5 Å². The van der Waals surface area contributed by atoms with E-state index in [1.165, 1.54) is 12.1 Å². The maximum atomic E-state index is 12.8. The Morgan fingerprint density at radius 2 is 1.97 bits per heavy atom. The van der Waals surface area contributed by atoms with Crippen molar-refractivity contribution in [1.29, 1.82) is 0 Å². The largest absolute Gasteiger partial charge is 0.416 e. The molecule has 2 amide bonds. The van der Waals surface area contributed by atoms with E-state index >= 15 is 0 Å². The number of benzene rings is 1. The second kappa shape index (κ2) is 7.73. The molecule has 1 aromatic heterocycles. The van der Waals surface area contributed by atoms with E-state index < -0.39 is 17.8 Å². The summed E-state index contributed by atoms with van der Waals surface area (Å²) in [5, 5.41) is 5.33. The van der Waals surface area contributed by atoms with Crippen LogP contribution in [0.4, 0.5) is 29.5 Å². The van der Waals surface area contributed by atoms with Crippen molar-refractivity contribution in [3.8, 4) is 0 Å². The van der Waals surface area contributed by atoms with Crippen LogP contribution < -0.4 is 15.5 Å². The van der Waals surface area contributed by atoms with E-state index in [9.17, 15) is 18.0 Å². The summed E-state index contributed by atoms with van der Waals surface area (Å²) in [6, 6.07) is 4.03. The van der Waals surface area contributed by atoms with Gasteiger partial charge in [-0.05, 0) is 31.0 Å². The molecule has 0 atom stereocenters. The number of allylic oxidation sites excluding steroid dienone is 1. The van der Waals surface area contributed by atoms with E-state index in [0.29, 0.717) is 0 Å². The molecule has 1 aliphatic carbocycles. The molecule has 1 aromatic carbocycles.